The number of hydrogen-bond donors (Lipinski definition) is 2. The summed E-state index contributed by atoms with van der Waals surface area (Å²) in [5.41, 5.74) is 2.68. The summed E-state index contributed by atoms with van der Waals surface area (Å²) in [7, 11) is 1.82. The molecular weight excluding hydrogens is 234 g/mol. The Bertz CT molecular complexity index is 397. The lowest BCUT2D eigenvalue weighted by Crippen LogP contribution is -2.39. The van der Waals surface area contributed by atoms with Crippen molar-refractivity contribution in [3.05, 3.63) is 35.4 Å². The van der Waals surface area contributed by atoms with Gasteiger partial charge in [0, 0.05) is 20.1 Å². The normalized spacial score (nSPS) is 11.7. The molecule has 0 amide bonds. The molecule has 0 aromatic heterocycles. The van der Waals surface area contributed by atoms with Gasteiger partial charge in [0.1, 0.15) is 0 Å². The monoisotopic (exact) mass is 261 g/mol. The first kappa shape index (κ1) is 15.5. The van der Waals surface area contributed by atoms with Crippen LogP contribution in [0, 0.1) is 12.8 Å². The van der Waals surface area contributed by atoms with Crippen molar-refractivity contribution in [3.63, 3.8) is 0 Å². The van der Waals surface area contributed by atoms with Crippen LogP contribution in [0.1, 0.15) is 31.4 Å². The van der Waals surface area contributed by atoms with Gasteiger partial charge in [0.15, 0.2) is 5.96 Å². The van der Waals surface area contributed by atoms with Crippen molar-refractivity contribution < 1.29 is 0 Å². The summed E-state index contributed by atoms with van der Waals surface area (Å²) in [6.45, 7) is 8.47. The summed E-state index contributed by atoms with van der Waals surface area (Å²) in [5, 5.41) is 6.69. The van der Waals surface area contributed by atoms with Crippen LogP contribution in [0.2, 0.25) is 0 Å². The van der Waals surface area contributed by atoms with E-state index in [-0.39, 0.29) is 0 Å². The Kier molecular flexibility index (Phi) is 7.01. The summed E-state index contributed by atoms with van der Waals surface area (Å²) < 4.78 is 0. The maximum Gasteiger partial charge on any atom is 0.190 e. The molecule has 0 atom stereocenters. The van der Waals surface area contributed by atoms with Crippen LogP contribution in [-0.4, -0.2) is 26.1 Å². The number of aryl methyl sites for hydroxylation is 1. The van der Waals surface area contributed by atoms with Crippen LogP contribution >= 0.6 is 0 Å². The highest BCUT2D eigenvalue weighted by Crippen LogP contribution is 2.03. The number of rotatable bonds is 6. The largest absolute Gasteiger partial charge is 0.356 e. The SMILES string of the molecule is CN=C(NCCc1cccc(C)c1)NCCC(C)C. The van der Waals surface area contributed by atoms with Crippen LogP contribution in [0.15, 0.2) is 29.3 Å². The molecule has 0 radical (unpaired) electrons. The first-order valence-electron chi connectivity index (χ1n) is 7.12. The van der Waals surface area contributed by atoms with Gasteiger partial charge in [0.25, 0.3) is 0 Å². The first-order chi connectivity index (χ1) is 9.11. The van der Waals surface area contributed by atoms with E-state index in [4.69, 9.17) is 0 Å². The van der Waals surface area contributed by atoms with E-state index < -0.39 is 0 Å². The van der Waals surface area contributed by atoms with Gasteiger partial charge in [-0.25, -0.2) is 0 Å². The van der Waals surface area contributed by atoms with Crippen LogP contribution in [0.4, 0.5) is 0 Å². The fraction of sp³-hybridized carbons (Fsp3) is 0.562. The Morgan fingerprint density at radius 2 is 1.95 bits per heavy atom. The third-order valence-corrected chi connectivity index (χ3v) is 3.03. The zero-order valence-corrected chi connectivity index (χ0v) is 12.7. The van der Waals surface area contributed by atoms with Crippen LogP contribution in [-0.2, 0) is 6.42 Å². The Labute approximate surface area is 117 Å². The molecule has 1 rings (SSSR count). The first-order valence-corrected chi connectivity index (χ1v) is 7.12. The molecule has 19 heavy (non-hydrogen) atoms. The van der Waals surface area contributed by atoms with E-state index in [1.807, 2.05) is 7.05 Å². The third-order valence-electron chi connectivity index (χ3n) is 3.03. The molecule has 0 bridgehead atoms. The summed E-state index contributed by atoms with van der Waals surface area (Å²) in [4.78, 5) is 4.23. The molecule has 0 unspecified atom stereocenters. The summed E-state index contributed by atoms with van der Waals surface area (Å²) in [6, 6.07) is 8.64. The molecule has 1 aromatic carbocycles. The Balaban J connectivity index is 2.26. The van der Waals surface area contributed by atoms with Crippen molar-refractivity contribution in [2.75, 3.05) is 20.1 Å². The zero-order valence-electron chi connectivity index (χ0n) is 12.7. The van der Waals surface area contributed by atoms with Crippen LogP contribution in [0.5, 0.6) is 0 Å². The number of nitrogens with one attached hydrogen (secondary N) is 2. The van der Waals surface area contributed by atoms with Gasteiger partial charge in [0.2, 0.25) is 0 Å². The van der Waals surface area contributed by atoms with E-state index in [2.05, 4.69) is 60.7 Å². The second kappa shape index (κ2) is 8.57. The highest BCUT2D eigenvalue weighted by molar-refractivity contribution is 5.79. The van der Waals surface area contributed by atoms with E-state index in [1.165, 1.54) is 17.5 Å². The van der Waals surface area contributed by atoms with Gasteiger partial charge in [0.05, 0.1) is 0 Å². The molecule has 0 aliphatic heterocycles. The molecule has 0 spiro atoms. The van der Waals surface area contributed by atoms with Crippen molar-refractivity contribution >= 4 is 5.96 Å². The summed E-state index contributed by atoms with van der Waals surface area (Å²) >= 11 is 0. The Morgan fingerprint density at radius 1 is 1.21 bits per heavy atom. The summed E-state index contributed by atoms with van der Waals surface area (Å²) in [5.74, 6) is 1.62. The lowest BCUT2D eigenvalue weighted by atomic mass is 10.1. The molecule has 0 saturated carbocycles. The van der Waals surface area contributed by atoms with Crippen LogP contribution < -0.4 is 10.6 Å². The smallest absolute Gasteiger partial charge is 0.190 e. The molecule has 3 nitrogen and oxygen atoms in total. The number of aliphatic imine (C=N–C) groups is 1. The Hall–Kier alpha value is -1.51. The van der Waals surface area contributed by atoms with E-state index in [0.29, 0.717) is 0 Å². The number of nitrogens with zero attached hydrogens (tertiary/aromatic N) is 1. The Morgan fingerprint density at radius 3 is 2.58 bits per heavy atom. The molecule has 2 N–H and O–H groups in total. The van der Waals surface area contributed by atoms with Gasteiger partial charge in [-0.15, -0.1) is 0 Å². The molecule has 0 heterocycles. The van der Waals surface area contributed by atoms with Gasteiger partial charge in [-0.3, -0.25) is 4.99 Å². The quantitative estimate of drug-likeness (QED) is 0.610. The average Bonchev–Trinajstić information content (AvgIpc) is 2.36. The maximum atomic E-state index is 4.23. The lowest BCUT2D eigenvalue weighted by molar-refractivity contribution is 0.573. The standard InChI is InChI=1S/C16H27N3/c1-13(2)8-10-18-16(17-4)19-11-9-15-7-5-6-14(3)12-15/h5-7,12-13H,8-11H2,1-4H3,(H2,17,18,19). The van der Waals surface area contributed by atoms with Gasteiger partial charge >= 0.3 is 0 Å². The maximum absolute atomic E-state index is 4.23. The van der Waals surface area contributed by atoms with E-state index in [0.717, 1.165) is 31.4 Å². The third kappa shape index (κ3) is 6.85. The molecular formula is C16H27N3. The van der Waals surface area contributed by atoms with Crippen molar-refractivity contribution in [2.24, 2.45) is 10.9 Å². The van der Waals surface area contributed by atoms with E-state index >= 15 is 0 Å². The minimum atomic E-state index is 0.720. The highest BCUT2D eigenvalue weighted by atomic mass is 15.2. The lowest BCUT2D eigenvalue weighted by Gasteiger charge is -2.13. The predicted octanol–water partition coefficient (Wildman–Crippen LogP) is 2.75. The van der Waals surface area contributed by atoms with Crippen LogP contribution in [0.3, 0.4) is 0 Å². The van der Waals surface area contributed by atoms with Crippen molar-refractivity contribution in [1.82, 2.24) is 10.6 Å². The van der Waals surface area contributed by atoms with E-state index in [9.17, 15) is 0 Å². The minimum Gasteiger partial charge on any atom is -0.356 e. The highest BCUT2D eigenvalue weighted by Gasteiger charge is 1.99. The molecule has 0 fully saturated rings. The van der Waals surface area contributed by atoms with Gasteiger partial charge in [-0.05, 0) is 31.2 Å². The van der Waals surface area contributed by atoms with Crippen LogP contribution in [0.25, 0.3) is 0 Å². The number of benzene rings is 1. The topological polar surface area (TPSA) is 36.4 Å². The van der Waals surface area contributed by atoms with Gasteiger partial charge < -0.3 is 10.6 Å². The molecule has 0 saturated heterocycles. The second-order valence-electron chi connectivity index (χ2n) is 5.35. The number of guanidine groups is 1. The van der Waals surface area contributed by atoms with Crippen molar-refractivity contribution in [2.45, 2.75) is 33.6 Å². The molecule has 3 heteroatoms. The second-order valence-corrected chi connectivity index (χ2v) is 5.35. The fourth-order valence-electron chi connectivity index (χ4n) is 1.89. The number of hydrogen-bond acceptors (Lipinski definition) is 1. The fourth-order valence-corrected chi connectivity index (χ4v) is 1.89. The molecule has 0 aliphatic rings. The van der Waals surface area contributed by atoms with Crippen molar-refractivity contribution in [3.8, 4) is 0 Å². The zero-order chi connectivity index (χ0) is 14.1. The van der Waals surface area contributed by atoms with Gasteiger partial charge in [-0.1, -0.05) is 43.7 Å². The van der Waals surface area contributed by atoms with Crippen molar-refractivity contribution in [1.29, 1.82) is 0 Å². The minimum absolute atomic E-state index is 0.720. The average molecular weight is 261 g/mol. The molecule has 0 aliphatic carbocycles. The predicted molar refractivity (Wildman–Crippen MR) is 83.7 cm³/mol. The van der Waals surface area contributed by atoms with E-state index in [1.54, 1.807) is 0 Å². The molecule has 106 valence electrons. The van der Waals surface area contributed by atoms with Gasteiger partial charge in [-0.2, -0.15) is 0 Å². The summed E-state index contributed by atoms with van der Waals surface area (Å²) in [6.07, 6.45) is 2.19. The molecule has 1 aromatic rings.